The molecule has 1 saturated carbocycles. The van der Waals surface area contributed by atoms with E-state index >= 15 is 0 Å². The average molecular weight is 241 g/mol. The molecule has 2 rings (SSSR count). The Hall–Kier alpha value is -1.16. The van der Waals surface area contributed by atoms with Crippen LogP contribution in [0.1, 0.15) is 31.7 Å². The molecule has 0 bridgehead atoms. The first-order valence-corrected chi connectivity index (χ1v) is 5.86. The fourth-order valence-corrected chi connectivity index (χ4v) is 1.99. The minimum atomic E-state index is -2.76. The highest BCUT2D eigenvalue weighted by atomic mass is 19.3. The number of nitrogens with one attached hydrogen (secondary N) is 1. The largest absolute Gasteiger partial charge is 0.435 e. The summed E-state index contributed by atoms with van der Waals surface area (Å²) in [5.74, 6) is 0.207. The maximum absolute atomic E-state index is 11.9. The van der Waals surface area contributed by atoms with Gasteiger partial charge >= 0.3 is 6.61 Å². The molecule has 1 aliphatic rings. The number of benzene rings is 1. The molecule has 0 aliphatic heterocycles. The summed E-state index contributed by atoms with van der Waals surface area (Å²) in [6, 6.07) is 6.78. The van der Waals surface area contributed by atoms with Crippen molar-refractivity contribution in [3.63, 3.8) is 0 Å². The molecule has 0 atom stereocenters. The van der Waals surface area contributed by atoms with E-state index in [9.17, 15) is 8.78 Å². The van der Waals surface area contributed by atoms with E-state index < -0.39 is 6.61 Å². The van der Waals surface area contributed by atoms with Gasteiger partial charge in [-0.05, 0) is 43.9 Å². The van der Waals surface area contributed by atoms with Crippen LogP contribution in [-0.4, -0.2) is 12.2 Å². The molecular weight excluding hydrogens is 224 g/mol. The molecule has 0 spiro atoms. The predicted octanol–water partition coefficient (Wildman–Crippen LogP) is 3.32. The number of rotatable bonds is 5. The monoisotopic (exact) mass is 241 g/mol. The lowest BCUT2D eigenvalue weighted by Gasteiger charge is -2.39. The first-order chi connectivity index (χ1) is 8.07. The van der Waals surface area contributed by atoms with Gasteiger partial charge in [-0.15, -0.1) is 0 Å². The lowest BCUT2D eigenvalue weighted by Crippen LogP contribution is -2.47. The summed E-state index contributed by atoms with van der Waals surface area (Å²) in [6.07, 6.45) is 3.70. The summed E-state index contributed by atoms with van der Waals surface area (Å²) >= 11 is 0. The van der Waals surface area contributed by atoms with E-state index in [1.54, 1.807) is 12.1 Å². The Morgan fingerprint density at radius 3 is 2.41 bits per heavy atom. The van der Waals surface area contributed by atoms with Crippen LogP contribution in [0.3, 0.4) is 0 Å². The van der Waals surface area contributed by atoms with Gasteiger partial charge in [0, 0.05) is 12.1 Å². The maximum atomic E-state index is 11.9. The van der Waals surface area contributed by atoms with Gasteiger partial charge in [-0.1, -0.05) is 12.1 Å². The molecule has 1 aromatic rings. The van der Waals surface area contributed by atoms with Gasteiger partial charge in [-0.25, -0.2) is 0 Å². The van der Waals surface area contributed by atoms with E-state index in [-0.39, 0.29) is 11.3 Å². The number of ether oxygens (including phenoxy) is 1. The molecule has 0 radical (unpaired) electrons. The van der Waals surface area contributed by atoms with Crippen molar-refractivity contribution in [3.8, 4) is 5.75 Å². The molecule has 0 saturated heterocycles. The maximum Gasteiger partial charge on any atom is 0.387 e. The zero-order valence-corrected chi connectivity index (χ0v) is 9.88. The Kier molecular flexibility index (Phi) is 3.62. The van der Waals surface area contributed by atoms with Crippen LogP contribution < -0.4 is 10.1 Å². The van der Waals surface area contributed by atoms with Crippen LogP contribution in [0.25, 0.3) is 0 Å². The fourth-order valence-electron chi connectivity index (χ4n) is 1.99. The quantitative estimate of drug-likeness (QED) is 0.853. The van der Waals surface area contributed by atoms with Gasteiger partial charge in [0.15, 0.2) is 0 Å². The zero-order valence-electron chi connectivity index (χ0n) is 9.88. The van der Waals surface area contributed by atoms with Gasteiger partial charge < -0.3 is 10.1 Å². The van der Waals surface area contributed by atoms with Crippen molar-refractivity contribution in [3.05, 3.63) is 29.8 Å². The molecule has 0 aromatic heterocycles. The number of alkyl halides is 2. The van der Waals surface area contributed by atoms with Gasteiger partial charge in [0.1, 0.15) is 5.75 Å². The molecule has 1 fully saturated rings. The second kappa shape index (κ2) is 5.00. The van der Waals surface area contributed by atoms with Crippen LogP contribution in [-0.2, 0) is 6.54 Å². The molecule has 0 heterocycles. The minimum Gasteiger partial charge on any atom is -0.435 e. The topological polar surface area (TPSA) is 21.3 Å². The van der Waals surface area contributed by atoms with E-state index in [1.807, 2.05) is 12.1 Å². The molecule has 4 heteroatoms. The van der Waals surface area contributed by atoms with E-state index in [1.165, 1.54) is 19.3 Å². The van der Waals surface area contributed by atoms with Crippen LogP contribution in [0.5, 0.6) is 5.75 Å². The molecule has 1 aliphatic carbocycles. The summed E-state index contributed by atoms with van der Waals surface area (Å²) in [7, 11) is 0. The lowest BCUT2D eigenvalue weighted by molar-refractivity contribution is -0.0498. The SMILES string of the molecule is CC1(NCc2ccc(OC(F)F)cc2)CCC1. The lowest BCUT2D eigenvalue weighted by atomic mass is 9.78. The van der Waals surface area contributed by atoms with Gasteiger partial charge in [-0.2, -0.15) is 8.78 Å². The van der Waals surface area contributed by atoms with Gasteiger partial charge in [-0.3, -0.25) is 0 Å². The average Bonchev–Trinajstić information content (AvgIpc) is 2.25. The standard InChI is InChI=1S/C13H17F2NO/c1-13(7-2-8-13)16-9-10-3-5-11(6-4-10)17-12(14)15/h3-6,12,16H,2,7-9H2,1H3. The molecule has 1 aromatic carbocycles. The normalized spacial score (nSPS) is 17.9. The molecule has 94 valence electrons. The Morgan fingerprint density at radius 1 is 1.29 bits per heavy atom. The fraction of sp³-hybridized carbons (Fsp3) is 0.538. The molecule has 0 amide bonds. The third kappa shape index (κ3) is 3.40. The number of hydrogen-bond acceptors (Lipinski definition) is 2. The summed E-state index contributed by atoms with van der Waals surface area (Å²) in [5, 5.41) is 3.48. The Balaban J connectivity index is 1.85. The van der Waals surface area contributed by atoms with Crippen LogP contribution in [0, 0.1) is 0 Å². The first kappa shape index (κ1) is 12.3. The van der Waals surface area contributed by atoms with E-state index in [0.29, 0.717) is 0 Å². The van der Waals surface area contributed by atoms with Crippen molar-refractivity contribution in [2.24, 2.45) is 0 Å². The predicted molar refractivity (Wildman–Crippen MR) is 62.2 cm³/mol. The minimum absolute atomic E-state index is 0.207. The van der Waals surface area contributed by atoms with Crippen molar-refractivity contribution in [1.82, 2.24) is 5.32 Å². The highest BCUT2D eigenvalue weighted by Crippen LogP contribution is 2.31. The van der Waals surface area contributed by atoms with Gasteiger partial charge in [0.2, 0.25) is 0 Å². The Labute approximate surface area is 100.0 Å². The van der Waals surface area contributed by atoms with Crippen molar-refractivity contribution in [1.29, 1.82) is 0 Å². The highest BCUT2D eigenvalue weighted by molar-refractivity contribution is 5.27. The first-order valence-electron chi connectivity index (χ1n) is 5.86. The van der Waals surface area contributed by atoms with Gasteiger partial charge in [0.05, 0.1) is 0 Å². The second-order valence-electron chi connectivity index (χ2n) is 4.79. The smallest absolute Gasteiger partial charge is 0.387 e. The van der Waals surface area contributed by atoms with Gasteiger partial charge in [0.25, 0.3) is 0 Å². The molecule has 0 unspecified atom stereocenters. The van der Waals surface area contributed by atoms with Crippen molar-refractivity contribution >= 4 is 0 Å². The highest BCUT2D eigenvalue weighted by Gasteiger charge is 2.30. The van der Waals surface area contributed by atoms with Crippen molar-refractivity contribution in [2.45, 2.75) is 44.9 Å². The van der Waals surface area contributed by atoms with E-state index in [0.717, 1.165) is 12.1 Å². The Bertz CT molecular complexity index is 360. The van der Waals surface area contributed by atoms with Crippen LogP contribution in [0.4, 0.5) is 8.78 Å². The van der Waals surface area contributed by atoms with Crippen LogP contribution in [0.15, 0.2) is 24.3 Å². The van der Waals surface area contributed by atoms with E-state index in [2.05, 4.69) is 17.0 Å². The molecule has 17 heavy (non-hydrogen) atoms. The van der Waals surface area contributed by atoms with Crippen LogP contribution in [0.2, 0.25) is 0 Å². The summed E-state index contributed by atoms with van der Waals surface area (Å²) in [6.45, 7) is 0.226. The zero-order chi connectivity index (χ0) is 12.3. The summed E-state index contributed by atoms with van der Waals surface area (Å²) in [4.78, 5) is 0. The second-order valence-corrected chi connectivity index (χ2v) is 4.79. The Morgan fingerprint density at radius 2 is 1.94 bits per heavy atom. The molecule has 2 nitrogen and oxygen atoms in total. The van der Waals surface area contributed by atoms with Crippen molar-refractivity contribution < 1.29 is 13.5 Å². The van der Waals surface area contributed by atoms with Crippen LogP contribution >= 0.6 is 0 Å². The molecule has 1 N–H and O–H groups in total. The third-order valence-corrected chi connectivity index (χ3v) is 3.32. The summed E-state index contributed by atoms with van der Waals surface area (Å²) in [5.41, 5.74) is 1.35. The summed E-state index contributed by atoms with van der Waals surface area (Å²) < 4.78 is 28.2. The number of hydrogen-bond donors (Lipinski definition) is 1. The molecular formula is C13H17F2NO. The third-order valence-electron chi connectivity index (χ3n) is 3.32. The number of halogens is 2. The van der Waals surface area contributed by atoms with E-state index in [4.69, 9.17) is 0 Å². The van der Waals surface area contributed by atoms with Crippen molar-refractivity contribution in [2.75, 3.05) is 0 Å².